The maximum Gasteiger partial charge on any atom is 0.0307 e. The molecular weight excluding hydrogens is 332 g/mol. The van der Waals surface area contributed by atoms with Crippen LogP contribution in [0, 0.1) is 11.3 Å². The van der Waals surface area contributed by atoms with Crippen molar-refractivity contribution in [2.75, 3.05) is 6.54 Å². The Bertz CT molecular complexity index is 418. The predicted octanol–water partition coefficient (Wildman–Crippen LogP) is 6.13. The van der Waals surface area contributed by atoms with Crippen LogP contribution in [0.4, 0.5) is 0 Å². The second-order valence-corrected chi connectivity index (χ2v) is 12.4. The Morgan fingerprint density at radius 1 is 1.08 bits per heavy atom. The normalized spacial score (nSPS) is 39.8. The van der Waals surface area contributed by atoms with Crippen LogP contribution in [0.25, 0.3) is 0 Å². The monoisotopic (exact) mass is 372 g/mol. The van der Waals surface area contributed by atoms with Crippen LogP contribution in [0.15, 0.2) is 0 Å². The molecule has 2 saturated heterocycles. The summed E-state index contributed by atoms with van der Waals surface area (Å²) in [6.07, 6.45) is 6.66. The van der Waals surface area contributed by atoms with Gasteiger partial charge < -0.3 is 0 Å². The lowest BCUT2D eigenvalue weighted by Crippen LogP contribution is -2.59. The van der Waals surface area contributed by atoms with Crippen molar-refractivity contribution in [2.45, 2.75) is 110 Å². The van der Waals surface area contributed by atoms with Crippen LogP contribution < -0.4 is 4.72 Å². The third-order valence-corrected chi connectivity index (χ3v) is 9.71. The van der Waals surface area contributed by atoms with Crippen LogP contribution >= 0.6 is 21.8 Å². The molecule has 0 aromatic rings. The Morgan fingerprint density at radius 3 is 2.38 bits per heavy atom. The van der Waals surface area contributed by atoms with Crippen molar-refractivity contribution in [3.8, 4) is 0 Å². The maximum absolute atomic E-state index is 3.57. The van der Waals surface area contributed by atoms with Gasteiger partial charge in [0.25, 0.3) is 0 Å². The van der Waals surface area contributed by atoms with Crippen molar-refractivity contribution in [3.63, 3.8) is 0 Å². The van der Waals surface area contributed by atoms with E-state index in [2.05, 4.69) is 75.8 Å². The van der Waals surface area contributed by atoms with Gasteiger partial charge in [0, 0.05) is 28.9 Å². The van der Waals surface area contributed by atoms with Crippen molar-refractivity contribution in [3.05, 3.63) is 0 Å². The minimum atomic E-state index is 0.233. The highest BCUT2D eigenvalue weighted by atomic mass is 33.1. The van der Waals surface area contributed by atoms with Gasteiger partial charge in [0.1, 0.15) is 0 Å². The van der Waals surface area contributed by atoms with Crippen molar-refractivity contribution in [2.24, 2.45) is 11.3 Å². The minimum absolute atomic E-state index is 0.233. The molecule has 4 atom stereocenters. The predicted molar refractivity (Wildman–Crippen MR) is 112 cm³/mol. The summed E-state index contributed by atoms with van der Waals surface area (Å²) >= 11 is 0. The zero-order chi connectivity index (χ0) is 18.2. The summed E-state index contributed by atoms with van der Waals surface area (Å²) in [6, 6.07) is 1.24. The molecule has 2 fully saturated rings. The lowest BCUT2D eigenvalue weighted by molar-refractivity contribution is -0.0328. The van der Waals surface area contributed by atoms with E-state index in [-0.39, 0.29) is 5.54 Å². The largest absolute Gasteiger partial charge is 0.293 e. The highest BCUT2D eigenvalue weighted by molar-refractivity contribution is 8.76. The van der Waals surface area contributed by atoms with Crippen LogP contribution in [0.5, 0.6) is 0 Å². The molecule has 0 amide bonds. The first-order chi connectivity index (χ1) is 11.0. The lowest BCUT2D eigenvalue weighted by atomic mass is 9.68. The van der Waals surface area contributed by atoms with Gasteiger partial charge in [0.2, 0.25) is 0 Å². The summed E-state index contributed by atoms with van der Waals surface area (Å²) in [6.45, 7) is 20.8. The molecule has 24 heavy (non-hydrogen) atoms. The molecule has 142 valence electrons. The number of nitrogens with zero attached hydrogens (tertiary/aromatic N) is 1. The van der Waals surface area contributed by atoms with Crippen LogP contribution in [0.3, 0.4) is 0 Å². The van der Waals surface area contributed by atoms with Gasteiger partial charge in [-0.05, 0) is 89.0 Å². The second kappa shape index (κ2) is 7.70. The fourth-order valence-electron chi connectivity index (χ4n) is 5.07. The van der Waals surface area contributed by atoms with E-state index < -0.39 is 0 Å². The van der Waals surface area contributed by atoms with Crippen LogP contribution in [-0.2, 0) is 0 Å². The van der Waals surface area contributed by atoms with E-state index in [4.69, 9.17) is 0 Å². The SMILES string of the molecule is CC1CCC2(CC(C)(C)C(C)N1C(C)(C)C)SSNCCCC2C. The minimum Gasteiger partial charge on any atom is -0.293 e. The van der Waals surface area contributed by atoms with Crippen LogP contribution in [0.1, 0.15) is 87.5 Å². The Morgan fingerprint density at radius 2 is 1.75 bits per heavy atom. The van der Waals surface area contributed by atoms with Gasteiger partial charge in [-0.2, -0.15) is 0 Å². The molecule has 0 aromatic carbocycles. The van der Waals surface area contributed by atoms with E-state index in [1.54, 1.807) is 0 Å². The fraction of sp³-hybridized carbons (Fsp3) is 1.00. The Kier molecular flexibility index (Phi) is 6.71. The highest BCUT2D eigenvalue weighted by Crippen LogP contribution is 2.55. The highest BCUT2D eigenvalue weighted by Gasteiger charge is 2.49. The van der Waals surface area contributed by atoms with Gasteiger partial charge in [0.05, 0.1) is 0 Å². The molecule has 1 N–H and O–H groups in total. The second-order valence-electron chi connectivity index (χ2n) is 9.98. The first-order valence-electron chi connectivity index (χ1n) is 9.86. The molecule has 1 spiro atoms. The van der Waals surface area contributed by atoms with Gasteiger partial charge >= 0.3 is 0 Å². The molecule has 4 heteroatoms. The molecule has 2 heterocycles. The average molecular weight is 373 g/mol. The van der Waals surface area contributed by atoms with Crippen molar-refractivity contribution >= 4 is 21.8 Å². The first-order valence-corrected chi connectivity index (χ1v) is 12.0. The Balaban J connectivity index is 2.34. The van der Waals surface area contributed by atoms with E-state index in [9.17, 15) is 0 Å². The van der Waals surface area contributed by atoms with Gasteiger partial charge in [-0.3, -0.25) is 9.62 Å². The molecule has 2 nitrogen and oxygen atoms in total. The summed E-state index contributed by atoms with van der Waals surface area (Å²) in [5.41, 5.74) is 0.555. The molecule has 2 aliphatic rings. The number of hydrogen-bond acceptors (Lipinski definition) is 4. The fourth-order valence-corrected chi connectivity index (χ4v) is 8.28. The molecule has 0 radical (unpaired) electrons. The van der Waals surface area contributed by atoms with Crippen LogP contribution in [-0.4, -0.2) is 33.8 Å². The zero-order valence-electron chi connectivity index (χ0n) is 17.2. The van der Waals surface area contributed by atoms with Crippen molar-refractivity contribution in [1.29, 1.82) is 0 Å². The third-order valence-electron chi connectivity index (χ3n) is 6.62. The first kappa shape index (κ1) is 20.9. The summed E-state index contributed by atoms with van der Waals surface area (Å²) in [5.74, 6) is 0.803. The number of likely N-dealkylation sites (tertiary alicyclic amines) is 1. The van der Waals surface area contributed by atoms with E-state index in [0.29, 0.717) is 22.2 Å². The summed E-state index contributed by atoms with van der Waals surface area (Å²) < 4.78 is 3.98. The summed E-state index contributed by atoms with van der Waals surface area (Å²) in [4.78, 5) is 2.80. The summed E-state index contributed by atoms with van der Waals surface area (Å²) in [5, 5.41) is 0. The molecule has 0 bridgehead atoms. The molecule has 4 unspecified atom stereocenters. The standard InChI is InChI=1S/C20H40N2S2/c1-15-10-9-13-21-24-23-20(15)12-11-16(2)22(18(4,5)6)17(3)19(7,8)14-20/h15-17,21H,9-14H2,1-8H3. The zero-order valence-corrected chi connectivity index (χ0v) is 18.9. The Hall–Kier alpha value is 0.620. The van der Waals surface area contributed by atoms with Gasteiger partial charge in [-0.15, -0.1) is 0 Å². The molecular formula is C20H40N2S2. The van der Waals surface area contributed by atoms with E-state index in [1.165, 1.54) is 32.1 Å². The Labute approximate surface area is 159 Å². The molecule has 0 aliphatic carbocycles. The number of rotatable bonds is 0. The van der Waals surface area contributed by atoms with Crippen molar-refractivity contribution < 1.29 is 0 Å². The van der Waals surface area contributed by atoms with E-state index in [0.717, 1.165) is 12.5 Å². The van der Waals surface area contributed by atoms with E-state index >= 15 is 0 Å². The lowest BCUT2D eigenvalue weighted by Gasteiger charge is -2.56. The van der Waals surface area contributed by atoms with Gasteiger partial charge in [0.15, 0.2) is 0 Å². The van der Waals surface area contributed by atoms with Gasteiger partial charge in [-0.25, -0.2) is 0 Å². The number of nitrogens with one attached hydrogen (secondary N) is 1. The molecule has 2 rings (SSSR count). The summed E-state index contributed by atoms with van der Waals surface area (Å²) in [7, 11) is 4.07. The molecule has 0 aromatic heterocycles. The van der Waals surface area contributed by atoms with Crippen molar-refractivity contribution in [1.82, 2.24) is 9.62 Å². The quantitative estimate of drug-likeness (QED) is 0.406. The smallest absolute Gasteiger partial charge is 0.0307 e. The van der Waals surface area contributed by atoms with Crippen LogP contribution in [0.2, 0.25) is 0 Å². The topological polar surface area (TPSA) is 15.3 Å². The van der Waals surface area contributed by atoms with E-state index in [1.807, 2.05) is 11.0 Å². The maximum atomic E-state index is 3.57. The molecule has 0 saturated carbocycles. The third kappa shape index (κ3) is 4.47. The molecule has 2 aliphatic heterocycles. The average Bonchev–Trinajstić information content (AvgIpc) is 2.43. The van der Waals surface area contributed by atoms with Gasteiger partial charge in [-0.1, -0.05) is 31.6 Å². The number of hydrogen-bond donors (Lipinski definition) is 1.